The van der Waals surface area contributed by atoms with Gasteiger partial charge >= 0.3 is 0 Å². The van der Waals surface area contributed by atoms with Gasteiger partial charge in [0.15, 0.2) is 2.14 Å². The summed E-state index contributed by atoms with van der Waals surface area (Å²) in [5.41, 5.74) is 0. The van der Waals surface area contributed by atoms with Gasteiger partial charge < -0.3 is 0 Å². The van der Waals surface area contributed by atoms with E-state index in [-0.39, 0.29) is 2.14 Å². The summed E-state index contributed by atoms with van der Waals surface area (Å²) in [7, 11) is 0. The highest BCUT2D eigenvalue weighted by Gasteiger charge is 2.22. The summed E-state index contributed by atoms with van der Waals surface area (Å²) < 4.78 is -0.382. The van der Waals surface area contributed by atoms with E-state index in [0.717, 1.165) is 4.88 Å². The summed E-state index contributed by atoms with van der Waals surface area (Å²) in [5.74, 6) is 0. The maximum absolute atomic E-state index is 8.53. The van der Waals surface area contributed by atoms with Crippen LogP contribution in [0.4, 0.5) is 0 Å². The van der Waals surface area contributed by atoms with Crippen molar-refractivity contribution >= 4 is 59.1 Å². The van der Waals surface area contributed by atoms with Crippen molar-refractivity contribution in [2.24, 2.45) is 0 Å². The van der Waals surface area contributed by atoms with Crippen molar-refractivity contribution in [3.63, 3.8) is 0 Å². The SMILES string of the molecule is N#Cc1ccc(C(Br)(Br)Br)s1. The zero-order valence-corrected chi connectivity index (χ0v) is 10.7. The summed E-state index contributed by atoms with van der Waals surface area (Å²) in [6.07, 6.45) is 0. The van der Waals surface area contributed by atoms with Crippen LogP contribution in [0.15, 0.2) is 12.1 Å². The van der Waals surface area contributed by atoms with E-state index < -0.39 is 0 Å². The van der Waals surface area contributed by atoms with Crippen molar-refractivity contribution in [2.45, 2.75) is 2.14 Å². The van der Waals surface area contributed by atoms with E-state index in [1.165, 1.54) is 11.3 Å². The normalized spacial score (nSPS) is 11.1. The standard InChI is InChI=1S/C6H2Br3NS/c7-6(8,9)5-2-1-4(3-10)11-5/h1-2H. The van der Waals surface area contributed by atoms with Crippen molar-refractivity contribution in [1.82, 2.24) is 0 Å². The molecule has 11 heavy (non-hydrogen) atoms. The molecule has 0 aliphatic rings. The number of nitrogens with zero attached hydrogens (tertiary/aromatic N) is 1. The van der Waals surface area contributed by atoms with Crippen molar-refractivity contribution in [2.75, 3.05) is 0 Å². The zero-order chi connectivity index (χ0) is 8.48. The molecule has 0 aliphatic heterocycles. The van der Waals surface area contributed by atoms with Gasteiger partial charge in [-0.25, -0.2) is 0 Å². The molecule has 0 N–H and O–H groups in total. The van der Waals surface area contributed by atoms with Crippen LogP contribution in [0.25, 0.3) is 0 Å². The van der Waals surface area contributed by atoms with Crippen molar-refractivity contribution < 1.29 is 0 Å². The first-order valence-corrected chi connectivity index (χ1v) is 5.80. The Bertz CT molecular complexity index is 294. The van der Waals surface area contributed by atoms with Crippen molar-refractivity contribution in [3.8, 4) is 6.07 Å². The van der Waals surface area contributed by atoms with Gasteiger partial charge in [0.05, 0.1) is 0 Å². The fourth-order valence-corrected chi connectivity index (χ4v) is 2.35. The van der Waals surface area contributed by atoms with Gasteiger partial charge in [-0.05, 0) is 12.1 Å². The van der Waals surface area contributed by atoms with Gasteiger partial charge in [-0.1, -0.05) is 47.8 Å². The minimum absolute atomic E-state index is 0.382. The van der Waals surface area contributed by atoms with Crippen LogP contribution in [0.2, 0.25) is 0 Å². The number of nitriles is 1. The molecule has 0 aliphatic carbocycles. The lowest BCUT2D eigenvalue weighted by Gasteiger charge is -2.07. The Morgan fingerprint density at radius 1 is 1.36 bits per heavy atom. The fourth-order valence-electron chi connectivity index (χ4n) is 0.550. The van der Waals surface area contributed by atoms with Crippen LogP contribution < -0.4 is 0 Å². The molecule has 1 nitrogen and oxygen atoms in total. The first-order valence-electron chi connectivity index (χ1n) is 2.61. The summed E-state index contributed by atoms with van der Waals surface area (Å²) >= 11 is 11.5. The molecule has 58 valence electrons. The van der Waals surface area contributed by atoms with Crippen LogP contribution in [0.1, 0.15) is 9.75 Å². The third kappa shape index (κ3) is 2.55. The van der Waals surface area contributed by atoms with Crippen LogP contribution in [0.5, 0.6) is 0 Å². The molecule has 0 saturated carbocycles. The molecule has 1 aromatic rings. The predicted molar refractivity (Wildman–Crippen MR) is 57.5 cm³/mol. The molecule has 0 spiro atoms. The van der Waals surface area contributed by atoms with Gasteiger partial charge in [-0.3, -0.25) is 0 Å². The van der Waals surface area contributed by atoms with E-state index in [9.17, 15) is 0 Å². The lowest BCUT2D eigenvalue weighted by molar-refractivity contribution is 1.48. The number of halogens is 3. The number of thiophene rings is 1. The van der Waals surface area contributed by atoms with Crippen LogP contribution in [0.3, 0.4) is 0 Å². The van der Waals surface area contributed by atoms with Gasteiger partial charge in [-0.15, -0.1) is 11.3 Å². The number of rotatable bonds is 0. The monoisotopic (exact) mass is 357 g/mol. The third-order valence-electron chi connectivity index (χ3n) is 0.996. The van der Waals surface area contributed by atoms with E-state index in [1.54, 1.807) is 6.07 Å². The summed E-state index contributed by atoms with van der Waals surface area (Å²) in [6, 6.07) is 5.76. The van der Waals surface area contributed by atoms with E-state index in [0.29, 0.717) is 4.88 Å². The molecule has 0 radical (unpaired) electrons. The van der Waals surface area contributed by atoms with Crippen LogP contribution in [-0.2, 0) is 2.14 Å². The zero-order valence-electron chi connectivity index (χ0n) is 5.14. The third-order valence-corrected chi connectivity index (χ3v) is 4.17. The van der Waals surface area contributed by atoms with Crippen LogP contribution >= 0.6 is 59.1 Å². The highest BCUT2D eigenvalue weighted by molar-refractivity contribution is 9.38. The van der Waals surface area contributed by atoms with Gasteiger partial charge in [0.25, 0.3) is 0 Å². The van der Waals surface area contributed by atoms with E-state index in [4.69, 9.17) is 5.26 Å². The lowest BCUT2D eigenvalue weighted by atomic mass is 10.4. The Labute approximate surface area is 93.8 Å². The van der Waals surface area contributed by atoms with Gasteiger partial charge in [0.1, 0.15) is 10.9 Å². The Kier molecular flexibility index (Phi) is 3.15. The fraction of sp³-hybridized carbons (Fsp3) is 0.167. The largest absolute Gasteiger partial charge is 0.192 e. The topological polar surface area (TPSA) is 23.8 Å². The molecule has 1 heterocycles. The van der Waals surface area contributed by atoms with Crippen LogP contribution in [0, 0.1) is 11.3 Å². The van der Waals surface area contributed by atoms with Crippen molar-refractivity contribution in [1.29, 1.82) is 5.26 Å². The maximum atomic E-state index is 8.53. The minimum atomic E-state index is -0.382. The second-order valence-electron chi connectivity index (χ2n) is 1.77. The average Bonchev–Trinajstić information content (AvgIpc) is 2.32. The van der Waals surface area contributed by atoms with Gasteiger partial charge in [-0.2, -0.15) is 5.26 Å². The first-order chi connectivity index (χ1) is 5.04. The second kappa shape index (κ2) is 3.56. The molecule has 0 aromatic carbocycles. The highest BCUT2D eigenvalue weighted by Crippen LogP contribution is 2.46. The summed E-state index contributed by atoms with van der Waals surface area (Å²) in [4.78, 5) is 1.73. The number of alkyl halides is 3. The quantitative estimate of drug-likeness (QED) is 0.644. The summed E-state index contributed by atoms with van der Waals surface area (Å²) in [5, 5.41) is 8.53. The molecule has 0 saturated heterocycles. The number of hydrogen-bond donors (Lipinski definition) is 0. The van der Waals surface area contributed by atoms with E-state index in [1.807, 2.05) is 6.07 Å². The van der Waals surface area contributed by atoms with Gasteiger partial charge in [0.2, 0.25) is 0 Å². The molecule has 0 fully saturated rings. The molecule has 0 unspecified atom stereocenters. The lowest BCUT2D eigenvalue weighted by Crippen LogP contribution is -1.91. The molecule has 1 rings (SSSR count). The minimum Gasteiger partial charge on any atom is -0.192 e. The van der Waals surface area contributed by atoms with Crippen LogP contribution in [-0.4, -0.2) is 0 Å². The molecular weight excluding hydrogens is 358 g/mol. The van der Waals surface area contributed by atoms with Gasteiger partial charge in [0, 0.05) is 4.88 Å². The molecule has 1 aromatic heterocycles. The molecule has 0 amide bonds. The number of hydrogen-bond acceptors (Lipinski definition) is 2. The van der Waals surface area contributed by atoms with E-state index in [2.05, 4.69) is 53.9 Å². The molecular formula is C6H2Br3NS. The predicted octanol–water partition coefficient (Wildman–Crippen LogP) is 3.91. The maximum Gasteiger partial charge on any atom is 0.168 e. The smallest absolute Gasteiger partial charge is 0.168 e. The Morgan fingerprint density at radius 2 is 2.00 bits per heavy atom. The summed E-state index contributed by atoms with van der Waals surface area (Å²) in [6.45, 7) is 0. The first kappa shape index (κ1) is 9.72. The Hall–Kier alpha value is 0.630. The Morgan fingerprint density at radius 3 is 2.27 bits per heavy atom. The second-order valence-corrected chi connectivity index (χ2v) is 9.62. The average molecular weight is 360 g/mol. The van der Waals surface area contributed by atoms with E-state index >= 15 is 0 Å². The van der Waals surface area contributed by atoms with Crippen molar-refractivity contribution in [3.05, 3.63) is 21.9 Å². The molecule has 0 bridgehead atoms. The Balaban J connectivity index is 3.01. The molecule has 5 heteroatoms. The molecule has 0 atom stereocenters. The highest BCUT2D eigenvalue weighted by atomic mass is 80.0.